The average molecular weight is 215 g/mol. The Bertz CT molecular complexity index is 445. The third kappa shape index (κ3) is 2.42. The minimum absolute atomic E-state index is 0.791. The van der Waals surface area contributed by atoms with Crippen molar-refractivity contribution in [1.82, 2.24) is 4.98 Å². The van der Waals surface area contributed by atoms with Gasteiger partial charge in [-0.2, -0.15) is 0 Å². The smallest absolute Gasteiger partial charge is 0.143 e. The lowest BCUT2D eigenvalue weighted by Crippen LogP contribution is -2.09. The second-order valence-electron chi connectivity index (χ2n) is 3.19. The maximum Gasteiger partial charge on any atom is 0.143 e. The minimum Gasteiger partial charge on any atom is -0.495 e. The van der Waals surface area contributed by atoms with Crippen molar-refractivity contribution < 1.29 is 4.74 Å². The Balaban J connectivity index is 2.05. The van der Waals surface area contributed by atoms with E-state index in [-0.39, 0.29) is 0 Å². The summed E-state index contributed by atoms with van der Waals surface area (Å²) in [5.74, 6) is 0.791. The highest BCUT2D eigenvalue weighted by Gasteiger charge is 1.99. The van der Waals surface area contributed by atoms with Crippen LogP contribution in [0.4, 0.5) is 11.4 Å². The van der Waals surface area contributed by atoms with Gasteiger partial charge in [0.1, 0.15) is 5.75 Å². The number of hydrazine groups is 1. The molecule has 16 heavy (non-hydrogen) atoms. The molecule has 0 aliphatic rings. The maximum absolute atomic E-state index is 5.22. The molecule has 0 radical (unpaired) electrons. The van der Waals surface area contributed by atoms with Gasteiger partial charge in [-0.3, -0.25) is 15.8 Å². The lowest BCUT2D eigenvalue weighted by Gasteiger charge is -2.12. The van der Waals surface area contributed by atoms with Gasteiger partial charge in [-0.15, -0.1) is 0 Å². The normalized spacial score (nSPS) is 9.56. The van der Waals surface area contributed by atoms with Gasteiger partial charge in [-0.1, -0.05) is 12.1 Å². The Morgan fingerprint density at radius 1 is 1.06 bits per heavy atom. The number of nitrogens with zero attached hydrogens (tertiary/aromatic N) is 1. The van der Waals surface area contributed by atoms with E-state index in [1.54, 1.807) is 19.5 Å². The van der Waals surface area contributed by atoms with Gasteiger partial charge in [0.2, 0.25) is 0 Å². The molecule has 0 saturated carbocycles. The number of methoxy groups -OCH3 is 1. The van der Waals surface area contributed by atoms with Crippen molar-refractivity contribution in [2.24, 2.45) is 0 Å². The molecule has 0 fully saturated rings. The van der Waals surface area contributed by atoms with Gasteiger partial charge in [0.05, 0.1) is 24.7 Å². The molecule has 4 nitrogen and oxygen atoms in total. The van der Waals surface area contributed by atoms with Gasteiger partial charge in [0.25, 0.3) is 0 Å². The molecule has 82 valence electrons. The van der Waals surface area contributed by atoms with Crippen LogP contribution in [0, 0.1) is 0 Å². The van der Waals surface area contributed by atoms with E-state index in [0.717, 1.165) is 17.1 Å². The first-order valence-electron chi connectivity index (χ1n) is 4.95. The van der Waals surface area contributed by atoms with Crippen molar-refractivity contribution >= 4 is 11.4 Å². The number of pyridine rings is 1. The third-order valence-corrected chi connectivity index (χ3v) is 2.11. The Morgan fingerprint density at radius 2 is 1.94 bits per heavy atom. The summed E-state index contributed by atoms with van der Waals surface area (Å²) < 4.78 is 5.22. The standard InChI is InChI=1S/C12H13N3O/c1-16-12-7-3-2-6-11(12)15-14-10-5-4-8-13-9-10/h2-9,14-15H,1H3. The Kier molecular flexibility index (Phi) is 3.23. The van der Waals surface area contributed by atoms with Crippen LogP contribution < -0.4 is 15.6 Å². The number of ether oxygens (including phenoxy) is 1. The van der Waals surface area contributed by atoms with Crippen LogP contribution in [0.1, 0.15) is 0 Å². The minimum atomic E-state index is 0.791. The number of benzene rings is 1. The Hall–Kier alpha value is -2.23. The van der Waals surface area contributed by atoms with E-state index in [1.807, 2.05) is 36.4 Å². The van der Waals surface area contributed by atoms with Crippen LogP contribution in [0.25, 0.3) is 0 Å². The second kappa shape index (κ2) is 5.02. The van der Waals surface area contributed by atoms with Crippen molar-refractivity contribution in [3.63, 3.8) is 0 Å². The molecule has 2 N–H and O–H groups in total. The lowest BCUT2D eigenvalue weighted by atomic mass is 10.3. The molecule has 1 heterocycles. The van der Waals surface area contributed by atoms with Gasteiger partial charge < -0.3 is 4.74 Å². The molecule has 0 aliphatic carbocycles. The summed E-state index contributed by atoms with van der Waals surface area (Å²) >= 11 is 0. The molecule has 1 aromatic heterocycles. The predicted molar refractivity (Wildman–Crippen MR) is 64.5 cm³/mol. The first-order chi connectivity index (χ1) is 7.90. The highest BCUT2D eigenvalue weighted by Crippen LogP contribution is 2.22. The monoisotopic (exact) mass is 215 g/mol. The highest BCUT2D eigenvalue weighted by molar-refractivity contribution is 5.59. The molecule has 0 atom stereocenters. The zero-order chi connectivity index (χ0) is 11.2. The molecular formula is C12H13N3O. The molecule has 0 amide bonds. The number of para-hydroxylation sites is 2. The topological polar surface area (TPSA) is 46.2 Å². The molecule has 4 heteroatoms. The summed E-state index contributed by atoms with van der Waals surface area (Å²) in [5, 5.41) is 0. The van der Waals surface area contributed by atoms with E-state index in [2.05, 4.69) is 15.8 Å². The third-order valence-electron chi connectivity index (χ3n) is 2.11. The van der Waals surface area contributed by atoms with E-state index in [0.29, 0.717) is 0 Å². The van der Waals surface area contributed by atoms with Gasteiger partial charge in [0, 0.05) is 6.20 Å². The molecular weight excluding hydrogens is 202 g/mol. The van der Waals surface area contributed by atoms with Crippen molar-refractivity contribution in [1.29, 1.82) is 0 Å². The molecule has 0 bridgehead atoms. The van der Waals surface area contributed by atoms with Crippen LogP contribution in [-0.2, 0) is 0 Å². The number of nitrogens with one attached hydrogen (secondary N) is 2. The summed E-state index contributed by atoms with van der Waals surface area (Å²) in [6, 6.07) is 11.5. The highest BCUT2D eigenvalue weighted by atomic mass is 16.5. The quantitative estimate of drug-likeness (QED) is 0.769. The van der Waals surface area contributed by atoms with Crippen LogP contribution in [0.15, 0.2) is 48.8 Å². The second-order valence-corrected chi connectivity index (χ2v) is 3.19. The van der Waals surface area contributed by atoms with E-state index < -0.39 is 0 Å². The molecule has 2 aromatic rings. The first-order valence-corrected chi connectivity index (χ1v) is 4.95. The molecule has 0 saturated heterocycles. The van der Waals surface area contributed by atoms with Crippen molar-refractivity contribution in [2.75, 3.05) is 18.0 Å². The summed E-state index contributed by atoms with van der Waals surface area (Å²) in [5.41, 5.74) is 7.89. The first kappa shape index (κ1) is 10.3. The summed E-state index contributed by atoms with van der Waals surface area (Å²) in [4.78, 5) is 4.01. The van der Waals surface area contributed by atoms with Crippen LogP contribution in [0.3, 0.4) is 0 Å². The van der Waals surface area contributed by atoms with E-state index in [1.165, 1.54) is 0 Å². The maximum atomic E-state index is 5.22. The number of aromatic nitrogens is 1. The molecule has 0 unspecified atom stereocenters. The van der Waals surface area contributed by atoms with Crippen molar-refractivity contribution in [3.8, 4) is 5.75 Å². The molecule has 1 aromatic carbocycles. The van der Waals surface area contributed by atoms with E-state index >= 15 is 0 Å². The van der Waals surface area contributed by atoms with Crippen LogP contribution in [-0.4, -0.2) is 12.1 Å². The van der Waals surface area contributed by atoms with Gasteiger partial charge >= 0.3 is 0 Å². The lowest BCUT2D eigenvalue weighted by molar-refractivity contribution is 0.416. The average Bonchev–Trinajstić information content (AvgIpc) is 2.38. The molecule has 0 aliphatic heterocycles. The fourth-order valence-electron chi connectivity index (χ4n) is 1.32. The molecule has 2 rings (SSSR count). The van der Waals surface area contributed by atoms with Gasteiger partial charge in [-0.05, 0) is 24.3 Å². The van der Waals surface area contributed by atoms with E-state index in [4.69, 9.17) is 4.74 Å². The van der Waals surface area contributed by atoms with Crippen molar-refractivity contribution in [2.45, 2.75) is 0 Å². The molecule has 0 spiro atoms. The van der Waals surface area contributed by atoms with Crippen molar-refractivity contribution in [3.05, 3.63) is 48.8 Å². The summed E-state index contributed by atoms with van der Waals surface area (Å²) in [7, 11) is 1.64. The van der Waals surface area contributed by atoms with Crippen LogP contribution in [0.5, 0.6) is 5.75 Å². The Morgan fingerprint density at radius 3 is 2.69 bits per heavy atom. The Labute approximate surface area is 94.3 Å². The predicted octanol–water partition coefficient (Wildman–Crippen LogP) is 2.53. The van der Waals surface area contributed by atoms with E-state index in [9.17, 15) is 0 Å². The SMILES string of the molecule is COc1ccccc1NNc1cccnc1. The summed E-state index contributed by atoms with van der Waals surface area (Å²) in [6.45, 7) is 0. The fraction of sp³-hybridized carbons (Fsp3) is 0.0833. The zero-order valence-corrected chi connectivity index (χ0v) is 8.97. The number of hydrogen-bond donors (Lipinski definition) is 2. The van der Waals surface area contributed by atoms with Gasteiger partial charge in [0.15, 0.2) is 0 Å². The van der Waals surface area contributed by atoms with Gasteiger partial charge in [-0.25, -0.2) is 0 Å². The fourth-order valence-corrected chi connectivity index (χ4v) is 1.32. The van der Waals surface area contributed by atoms with Crippen LogP contribution >= 0.6 is 0 Å². The number of rotatable bonds is 4. The summed E-state index contributed by atoms with van der Waals surface area (Å²) in [6.07, 6.45) is 3.47. The van der Waals surface area contributed by atoms with Crippen LogP contribution in [0.2, 0.25) is 0 Å². The largest absolute Gasteiger partial charge is 0.495 e. The number of hydrogen-bond acceptors (Lipinski definition) is 4. The zero-order valence-electron chi connectivity index (χ0n) is 8.97. The number of anilines is 2.